The highest BCUT2D eigenvalue weighted by Gasteiger charge is 2.58. The standard InChI is InChI=1S/C27H46O/c1-18(2)7-6-8-19(3)23-11-12-24-22-10-9-20-17-21(28)13-15-26(20,4)25(22)14-16-27(23,24)5/h10,18-21,23-25,28H,6-9,11-17H2,1-5H3/t19-,20+,21?,23-,24+,25+,26+,27-/m1/s1/i9D,13D,15D,20D/t9-,13?,15?,19-,20+,21?,23-,24+,25+,26+,27-. The van der Waals surface area contributed by atoms with Gasteiger partial charge in [0.15, 0.2) is 0 Å². The SMILES string of the molecule is [2H]C1C(O)C[C@]2([2H])[C@H]([2H])C=C3[C@@H]4CC[C@H]([C@H](C)CCCC(C)C)[C@@]4(C)CC[C@@H]3[C@@]2(C)C1[2H]. The minimum atomic E-state index is -1.18. The Morgan fingerprint density at radius 2 is 1.89 bits per heavy atom. The van der Waals surface area contributed by atoms with E-state index in [-0.39, 0.29) is 17.8 Å². The predicted octanol–water partition coefficient (Wildman–Crippen LogP) is 7.39. The average Bonchev–Trinajstić information content (AvgIpc) is 3.07. The summed E-state index contributed by atoms with van der Waals surface area (Å²) in [4.78, 5) is 0. The van der Waals surface area contributed by atoms with E-state index in [1.54, 1.807) is 0 Å². The molecule has 0 spiro atoms. The Balaban J connectivity index is 1.63. The molecule has 3 fully saturated rings. The minimum absolute atomic E-state index is 0.109. The molecule has 0 aromatic carbocycles. The number of aliphatic hydroxyl groups is 1. The van der Waals surface area contributed by atoms with Gasteiger partial charge in [-0.2, -0.15) is 0 Å². The van der Waals surface area contributed by atoms with Gasteiger partial charge in [-0.1, -0.05) is 65.5 Å². The van der Waals surface area contributed by atoms with Crippen molar-refractivity contribution < 1.29 is 10.6 Å². The van der Waals surface area contributed by atoms with Crippen molar-refractivity contribution in [3.05, 3.63) is 11.6 Å². The number of fused-ring (bicyclic) bond motifs is 5. The van der Waals surface area contributed by atoms with Gasteiger partial charge in [0.25, 0.3) is 0 Å². The molecule has 0 heterocycles. The Kier molecular flexibility index (Phi) is 4.54. The molecular weight excluding hydrogens is 340 g/mol. The van der Waals surface area contributed by atoms with Crippen molar-refractivity contribution in [2.75, 3.05) is 0 Å². The molecule has 1 heteroatoms. The molecule has 0 radical (unpaired) electrons. The number of allylic oxidation sites excluding steroid dienone is 2. The first-order valence-corrected chi connectivity index (χ1v) is 12.0. The van der Waals surface area contributed by atoms with Crippen LogP contribution in [0.5, 0.6) is 0 Å². The summed E-state index contributed by atoms with van der Waals surface area (Å²) in [6.07, 6.45) is 7.28. The lowest BCUT2D eigenvalue weighted by Crippen LogP contribution is -2.49. The molecule has 0 aromatic rings. The summed E-state index contributed by atoms with van der Waals surface area (Å²) in [5.74, 6) is 1.58. The van der Waals surface area contributed by atoms with Crippen LogP contribution in [-0.4, -0.2) is 11.2 Å². The first kappa shape index (κ1) is 16.4. The van der Waals surface area contributed by atoms with Crippen LogP contribution in [-0.2, 0) is 0 Å². The van der Waals surface area contributed by atoms with E-state index in [2.05, 4.69) is 33.8 Å². The molecule has 0 bridgehead atoms. The molecule has 11 atom stereocenters. The van der Waals surface area contributed by atoms with Crippen molar-refractivity contribution in [1.82, 2.24) is 0 Å². The van der Waals surface area contributed by atoms with Crippen LogP contribution in [0.4, 0.5) is 0 Å². The maximum Gasteiger partial charge on any atom is 0.0543 e. The smallest absolute Gasteiger partial charge is 0.0543 e. The molecule has 28 heavy (non-hydrogen) atoms. The van der Waals surface area contributed by atoms with E-state index in [0.717, 1.165) is 18.8 Å². The number of hydrogen-bond acceptors (Lipinski definition) is 1. The fraction of sp³-hybridized carbons (Fsp3) is 0.926. The van der Waals surface area contributed by atoms with E-state index in [9.17, 15) is 6.48 Å². The molecule has 160 valence electrons. The fourth-order valence-corrected chi connectivity index (χ4v) is 7.61. The lowest BCUT2D eigenvalue weighted by molar-refractivity contribution is -0.0427. The summed E-state index contributed by atoms with van der Waals surface area (Å²) in [5, 5.41) is 10.4. The topological polar surface area (TPSA) is 20.2 Å². The monoisotopic (exact) mass is 390 g/mol. The second-order valence-electron chi connectivity index (χ2n) is 11.4. The normalized spacial score (nSPS) is 59.1. The Morgan fingerprint density at radius 3 is 2.64 bits per heavy atom. The summed E-state index contributed by atoms with van der Waals surface area (Å²) in [5.41, 5.74) is 0.864. The van der Waals surface area contributed by atoms with Crippen molar-refractivity contribution in [2.45, 2.75) is 111 Å². The van der Waals surface area contributed by atoms with E-state index in [1.807, 2.05) is 6.92 Å². The van der Waals surface area contributed by atoms with Gasteiger partial charge in [0.2, 0.25) is 0 Å². The summed E-state index contributed by atoms with van der Waals surface area (Å²) < 4.78 is 35.7. The van der Waals surface area contributed by atoms with Crippen LogP contribution in [0.3, 0.4) is 0 Å². The van der Waals surface area contributed by atoms with Crippen LogP contribution in [0.25, 0.3) is 0 Å². The molecule has 0 amide bonds. The summed E-state index contributed by atoms with van der Waals surface area (Å²) >= 11 is 0. The minimum Gasteiger partial charge on any atom is -0.393 e. The Labute approximate surface area is 180 Å². The number of rotatable bonds is 5. The molecule has 0 aromatic heterocycles. The maximum absolute atomic E-state index is 10.4. The van der Waals surface area contributed by atoms with Gasteiger partial charge in [0.05, 0.1) is 6.10 Å². The van der Waals surface area contributed by atoms with E-state index >= 15 is 0 Å². The molecule has 1 N–H and O–H groups in total. The van der Waals surface area contributed by atoms with Crippen molar-refractivity contribution in [3.63, 3.8) is 0 Å². The number of hydrogen-bond donors (Lipinski definition) is 1. The van der Waals surface area contributed by atoms with Crippen LogP contribution in [0, 0.1) is 46.3 Å². The van der Waals surface area contributed by atoms with Gasteiger partial charge >= 0.3 is 0 Å². The third kappa shape index (κ3) is 3.42. The molecule has 0 aliphatic heterocycles. The largest absolute Gasteiger partial charge is 0.393 e. The average molecular weight is 391 g/mol. The molecular formula is C27H46O. The van der Waals surface area contributed by atoms with Gasteiger partial charge in [-0.25, -0.2) is 0 Å². The van der Waals surface area contributed by atoms with Crippen molar-refractivity contribution in [1.29, 1.82) is 0 Å². The highest BCUT2D eigenvalue weighted by molar-refractivity contribution is 5.27. The first-order chi connectivity index (χ1) is 14.9. The lowest BCUT2D eigenvalue weighted by atomic mass is 9.47. The van der Waals surface area contributed by atoms with Crippen LogP contribution >= 0.6 is 0 Å². The van der Waals surface area contributed by atoms with Gasteiger partial charge in [0, 0.05) is 5.48 Å². The Morgan fingerprint density at radius 1 is 1.14 bits per heavy atom. The number of aliphatic hydroxyl groups excluding tert-OH is 1. The van der Waals surface area contributed by atoms with Gasteiger partial charge in [-0.3, -0.25) is 0 Å². The fourth-order valence-electron chi connectivity index (χ4n) is 7.61. The van der Waals surface area contributed by atoms with Crippen LogP contribution < -0.4 is 0 Å². The molecule has 4 aliphatic rings. The summed E-state index contributed by atoms with van der Waals surface area (Å²) in [6, 6.07) is 0. The zero-order valence-corrected chi connectivity index (χ0v) is 18.9. The second kappa shape index (κ2) is 7.75. The van der Waals surface area contributed by atoms with Crippen LogP contribution in [0.2, 0.25) is 0 Å². The Hall–Kier alpha value is -0.300. The van der Waals surface area contributed by atoms with Crippen molar-refractivity contribution in [3.8, 4) is 0 Å². The van der Waals surface area contributed by atoms with E-state index in [4.69, 9.17) is 4.11 Å². The molecule has 0 saturated heterocycles. The van der Waals surface area contributed by atoms with E-state index < -0.39 is 36.6 Å². The third-order valence-electron chi connectivity index (χ3n) is 9.30. The van der Waals surface area contributed by atoms with Crippen LogP contribution in [0.1, 0.15) is 111 Å². The quantitative estimate of drug-likeness (QED) is 0.485. The molecule has 1 nitrogen and oxygen atoms in total. The van der Waals surface area contributed by atoms with Gasteiger partial charge < -0.3 is 5.11 Å². The zero-order valence-electron chi connectivity index (χ0n) is 22.9. The summed E-state index contributed by atoms with van der Waals surface area (Å²) in [7, 11) is 0. The van der Waals surface area contributed by atoms with Gasteiger partial charge in [0.1, 0.15) is 0 Å². The van der Waals surface area contributed by atoms with E-state index in [0.29, 0.717) is 17.8 Å². The van der Waals surface area contributed by atoms with Crippen molar-refractivity contribution in [2.24, 2.45) is 46.3 Å². The molecule has 3 unspecified atom stereocenters. The van der Waals surface area contributed by atoms with Crippen molar-refractivity contribution >= 4 is 0 Å². The predicted molar refractivity (Wildman–Crippen MR) is 119 cm³/mol. The molecule has 3 saturated carbocycles. The lowest BCUT2D eigenvalue weighted by Gasteiger charge is -2.57. The van der Waals surface area contributed by atoms with E-state index in [1.165, 1.54) is 37.7 Å². The maximum atomic E-state index is 10.4. The third-order valence-corrected chi connectivity index (χ3v) is 9.30. The second-order valence-corrected chi connectivity index (χ2v) is 11.4. The Bertz CT molecular complexity index is 739. The van der Waals surface area contributed by atoms with Crippen LogP contribution in [0.15, 0.2) is 11.6 Å². The highest BCUT2D eigenvalue weighted by Crippen LogP contribution is 2.66. The van der Waals surface area contributed by atoms with Gasteiger partial charge in [-0.05, 0) is 97.6 Å². The molecule has 4 rings (SSSR count). The highest BCUT2D eigenvalue weighted by atomic mass is 16.3. The zero-order chi connectivity index (χ0) is 23.6. The molecule has 4 aliphatic carbocycles. The first-order valence-electron chi connectivity index (χ1n) is 14.3. The van der Waals surface area contributed by atoms with Gasteiger partial charge in [-0.15, -0.1) is 0 Å². The summed E-state index contributed by atoms with van der Waals surface area (Å²) in [6.45, 7) is 11.6.